The highest BCUT2D eigenvalue weighted by Crippen LogP contribution is 2.31. The fourth-order valence-electron chi connectivity index (χ4n) is 2.79. The average molecular weight is 364 g/mol. The molecule has 1 aliphatic carbocycles. The van der Waals surface area contributed by atoms with Gasteiger partial charge in [-0.05, 0) is 32.6 Å². The second-order valence-corrected chi connectivity index (χ2v) is 8.27. The van der Waals surface area contributed by atoms with Crippen LogP contribution in [0.25, 0.3) is 0 Å². The number of rotatable bonds is 4. The standard InChI is InChI=1S/C14H19F3N4O2S/c1-9-18-12(14(15,16)17)8-13(19-9)21-6-4-10(5-7-21)20-24(22,23)11-2-3-11/h8,10-11,20H,2-7H2,1H3. The van der Waals surface area contributed by atoms with Gasteiger partial charge in [-0.25, -0.2) is 23.1 Å². The van der Waals surface area contributed by atoms with Crippen LogP contribution in [0, 0.1) is 6.92 Å². The van der Waals surface area contributed by atoms with Gasteiger partial charge in [0.1, 0.15) is 17.3 Å². The minimum absolute atomic E-state index is 0.0661. The number of aromatic nitrogens is 2. The number of alkyl halides is 3. The van der Waals surface area contributed by atoms with Gasteiger partial charge >= 0.3 is 6.18 Å². The first-order valence-corrected chi connectivity index (χ1v) is 9.39. The van der Waals surface area contributed by atoms with Crippen LogP contribution in [-0.4, -0.2) is 42.8 Å². The molecule has 2 fully saturated rings. The van der Waals surface area contributed by atoms with Crippen LogP contribution in [0.3, 0.4) is 0 Å². The van der Waals surface area contributed by atoms with Crippen molar-refractivity contribution >= 4 is 15.8 Å². The van der Waals surface area contributed by atoms with Gasteiger partial charge in [-0.1, -0.05) is 0 Å². The third kappa shape index (κ3) is 3.97. The van der Waals surface area contributed by atoms with Crippen LogP contribution in [0.2, 0.25) is 0 Å². The van der Waals surface area contributed by atoms with Crippen molar-refractivity contribution in [3.05, 3.63) is 17.6 Å². The SMILES string of the molecule is Cc1nc(N2CCC(NS(=O)(=O)C3CC3)CC2)cc(C(F)(F)F)n1. The first-order valence-electron chi connectivity index (χ1n) is 7.84. The number of nitrogens with one attached hydrogen (secondary N) is 1. The van der Waals surface area contributed by atoms with E-state index in [0.717, 1.165) is 6.07 Å². The van der Waals surface area contributed by atoms with Gasteiger partial charge in [0.2, 0.25) is 10.0 Å². The molecule has 1 N–H and O–H groups in total. The molecular weight excluding hydrogens is 345 g/mol. The van der Waals surface area contributed by atoms with Crippen LogP contribution in [0.5, 0.6) is 0 Å². The molecule has 1 aliphatic heterocycles. The van der Waals surface area contributed by atoms with Crippen LogP contribution < -0.4 is 9.62 Å². The van der Waals surface area contributed by atoms with Gasteiger partial charge in [-0.15, -0.1) is 0 Å². The Labute approximate surface area is 138 Å². The van der Waals surface area contributed by atoms with Gasteiger partial charge in [-0.3, -0.25) is 0 Å². The smallest absolute Gasteiger partial charge is 0.356 e. The molecule has 2 heterocycles. The minimum Gasteiger partial charge on any atom is -0.356 e. The zero-order valence-corrected chi connectivity index (χ0v) is 14.0. The molecule has 3 rings (SSSR count). The second kappa shape index (κ2) is 6.14. The zero-order valence-electron chi connectivity index (χ0n) is 13.2. The Morgan fingerprint density at radius 2 is 1.79 bits per heavy atom. The van der Waals surface area contributed by atoms with Crippen molar-refractivity contribution in [1.82, 2.24) is 14.7 Å². The van der Waals surface area contributed by atoms with Gasteiger partial charge in [0.25, 0.3) is 0 Å². The number of aryl methyl sites for hydroxylation is 1. The maximum atomic E-state index is 12.9. The average Bonchev–Trinajstić information content (AvgIpc) is 3.31. The molecule has 0 aromatic carbocycles. The molecule has 0 radical (unpaired) electrons. The van der Waals surface area contributed by atoms with E-state index in [1.165, 1.54) is 6.92 Å². The van der Waals surface area contributed by atoms with E-state index in [1.807, 2.05) is 0 Å². The van der Waals surface area contributed by atoms with E-state index >= 15 is 0 Å². The summed E-state index contributed by atoms with van der Waals surface area (Å²) in [5, 5.41) is -0.269. The van der Waals surface area contributed by atoms with Crippen molar-refractivity contribution in [3.8, 4) is 0 Å². The summed E-state index contributed by atoms with van der Waals surface area (Å²) in [5.41, 5.74) is -0.957. The number of sulfonamides is 1. The van der Waals surface area contributed by atoms with Gasteiger partial charge < -0.3 is 4.90 Å². The molecule has 134 valence electrons. The molecule has 1 saturated heterocycles. The molecule has 2 aliphatic rings. The minimum atomic E-state index is -4.51. The topological polar surface area (TPSA) is 75.2 Å². The molecule has 1 aromatic heterocycles. The van der Waals surface area contributed by atoms with Crippen LogP contribution in [0.4, 0.5) is 19.0 Å². The van der Waals surface area contributed by atoms with Crippen LogP contribution in [-0.2, 0) is 16.2 Å². The summed E-state index contributed by atoms with van der Waals surface area (Å²) >= 11 is 0. The summed E-state index contributed by atoms with van der Waals surface area (Å²) in [6.45, 7) is 2.33. The Morgan fingerprint density at radius 3 is 2.33 bits per heavy atom. The Balaban J connectivity index is 1.65. The fourth-order valence-corrected chi connectivity index (χ4v) is 4.44. The monoisotopic (exact) mass is 364 g/mol. The first kappa shape index (κ1) is 17.4. The molecule has 0 amide bonds. The Hall–Kier alpha value is -1.42. The van der Waals surface area contributed by atoms with Crippen molar-refractivity contribution in [2.45, 2.75) is 50.1 Å². The van der Waals surface area contributed by atoms with Gasteiger partial charge in [0.15, 0.2) is 0 Å². The highest BCUT2D eigenvalue weighted by atomic mass is 32.2. The Kier molecular flexibility index (Phi) is 4.45. The Morgan fingerprint density at radius 1 is 1.17 bits per heavy atom. The van der Waals surface area contributed by atoms with Crippen LogP contribution >= 0.6 is 0 Å². The van der Waals surface area contributed by atoms with E-state index < -0.39 is 21.9 Å². The zero-order chi connectivity index (χ0) is 17.5. The molecule has 10 heteroatoms. The summed E-state index contributed by atoms with van der Waals surface area (Å²) in [6.07, 6.45) is -2.03. The third-order valence-electron chi connectivity index (χ3n) is 4.23. The molecular formula is C14H19F3N4O2S. The number of halogens is 3. The molecule has 0 atom stereocenters. The van der Waals surface area contributed by atoms with E-state index in [9.17, 15) is 21.6 Å². The maximum Gasteiger partial charge on any atom is 0.433 e. The lowest BCUT2D eigenvalue weighted by Crippen LogP contribution is -2.45. The van der Waals surface area contributed by atoms with E-state index in [0.29, 0.717) is 38.8 Å². The lowest BCUT2D eigenvalue weighted by Gasteiger charge is -2.33. The molecule has 0 unspecified atom stereocenters. The molecule has 1 saturated carbocycles. The van der Waals surface area contributed by atoms with Crippen LogP contribution in [0.15, 0.2) is 6.07 Å². The summed E-state index contributed by atoms with van der Waals surface area (Å²) in [7, 11) is -3.24. The highest BCUT2D eigenvalue weighted by molar-refractivity contribution is 7.90. The van der Waals surface area contributed by atoms with Crippen molar-refractivity contribution in [3.63, 3.8) is 0 Å². The number of piperidine rings is 1. The van der Waals surface area contributed by atoms with E-state index in [1.54, 1.807) is 4.90 Å². The largest absolute Gasteiger partial charge is 0.433 e. The van der Waals surface area contributed by atoms with E-state index in [4.69, 9.17) is 0 Å². The molecule has 0 spiro atoms. The van der Waals surface area contributed by atoms with Gasteiger partial charge in [0, 0.05) is 25.2 Å². The lowest BCUT2D eigenvalue weighted by molar-refractivity contribution is -0.141. The summed E-state index contributed by atoms with van der Waals surface area (Å²) in [6, 6.07) is 0.777. The van der Waals surface area contributed by atoms with Crippen molar-refractivity contribution in [1.29, 1.82) is 0 Å². The predicted octanol–water partition coefficient (Wildman–Crippen LogP) is 1.85. The maximum absolute atomic E-state index is 12.9. The Bertz CT molecular complexity index is 711. The van der Waals surface area contributed by atoms with Gasteiger partial charge in [0.05, 0.1) is 5.25 Å². The predicted molar refractivity (Wildman–Crippen MR) is 82.1 cm³/mol. The normalized spacial score (nSPS) is 20.4. The number of hydrogen-bond donors (Lipinski definition) is 1. The van der Waals surface area contributed by atoms with Crippen molar-refractivity contribution in [2.24, 2.45) is 0 Å². The molecule has 1 aromatic rings. The van der Waals surface area contributed by atoms with Crippen LogP contribution in [0.1, 0.15) is 37.2 Å². The van der Waals surface area contributed by atoms with Crippen molar-refractivity contribution in [2.75, 3.05) is 18.0 Å². The van der Waals surface area contributed by atoms with E-state index in [-0.39, 0.29) is 22.9 Å². The lowest BCUT2D eigenvalue weighted by atomic mass is 10.1. The van der Waals surface area contributed by atoms with Gasteiger partial charge in [-0.2, -0.15) is 13.2 Å². The second-order valence-electron chi connectivity index (χ2n) is 6.28. The number of nitrogens with zero attached hydrogens (tertiary/aromatic N) is 3. The molecule has 24 heavy (non-hydrogen) atoms. The van der Waals surface area contributed by atoms with E-state index in [2.05, 4.69) is 14.7 Å². The first-order chi connectivity index (χ1) is 11.1. The molecule has 6 nitrogen and oxygen atoms in total. The third-order valence-corrected chi connectivity index (χ3v) is 6.24. The number of anilines is 1. The summed E-state index contributed by atoms with van der Waals surface area (Å²) < 4.78 is 65.2. The number of hydrogen-bond acceptors (Lipinski definition) is 5. The highest BCUT2D eigenvalue weighted by Gasteiger charge is 2.38. The van der Waals surface area contributed by atoms with Crippen molar-refractivity contribution < 1.29 is 21.6 Å². The molecule has 0 bridgehead atoms. The fraction of sp³-hybridized carbons (Fsp3) is 0.714. The quantitative estimate of drug-likeness (QED) is 0.883. The summed E-state index contributed by atoms with van der Waals surface area (Å²) in [5.74, 6) is 0.301. The summed E-state index contributed by atoms with van der Waals surface area (Å²) in [4.78, 5) is 9.26.